The lowest BCUT2D eigenvalue weighted by Crippen LogP contribution is -2.45. The molecule has 3 rings (SSSR count). The van der Waals surface area contributed by atoms with Gasteiger partial charge < -0.3 is 10.2 Å². The zero-order chi connectivity index (χ0) is 13.2. The fourth-order valence-corrected chi connectivity index (χ4v) is 3.17. The van der Waals surface area contributed by atoms with Gasteiger partial charge in [0.2, 0.25) is 5.91 Å². The van der Waals surface area contributed by atoms with Gasteiger partial charge in [0.15, 0.2) is 0 Å². The van der Waals surface area contributed by atoms with E-state index in [1.807, 2.05) is 22.4 Å². The Bertz CT molecular complexity index is 468. The minimum absolute atomic E-state index is 0.0294. The van der Waals surface area contributed by atoms with Gasteiger partial charge in [0.25, 0.3) is 5.91 Å². The lowest BCUT2D eigenvalue weighted by atomic mass is 9.97. The first-order chi connectivity index (χ1) is 9.24. The number of thiophene rings is 1. The number of hydrogen-bond acceptors (Lipinski definition) is 3. The Morgan fingerprint density at radius 1 is 1.32 bits per heavy atom. The van der Waals surface area contributed by atoms with E-state index in [0.717, 1.165) is 37.1 Å². The van der Waals surface area contributed by atoms with Crippen molar-refractivity contribution >= 4 is 23.2 Å². The van der Waals surface area contributed by atoms with Crippen molar-refractivity contribution in [3.63, 3.8) is 0 Å². The van der Waals surface area contributed by atoms with Gasteiger partial charge in [-0.3, -0.25) is 9.59 Å². The van der Waals surface area contributed by atoms with Gasteiger partial charge in [0, 0.05) is 19.1 Å². The molecule has 1 aliphatic heterocycles. The molecule has 0 spiro atoms. The summed E-state index contributed by atoms with van der Waals surface area (Å²) in [5.41, 5.74) is 0. The molecule has 1 aliphatic carbocycles. The number of nitrogens with one attached hydrogen (secondary N) is 1. The van der Waals surface area contributed by atoms with Gasteiger partial charge in [-0.05, 0) is 37.1 Å². The third-order valence-electron chi connectivity index (χ3n) is 3.74. The molecule has 1 aromatic rings. The highest BCUT2D eigenvalue weighted by molar-refractivity contribution is 7.12. The fourth-order valence-electron chi connectivity index (χ4n) is 2.48. The van der Waals surface area contributed by atoms with Crippen molar-refractivity contribution in [1.82, 2.24) is 10.2 Å². The molecule has 2 fully saturated rings. The Hall–Kier alpha value is -1.36. The zero-order valence-electron chi connectivity index (χ0n) is 10.8. The van der Waals surface area contributed by atoms with Crippen LogP contribution in [0.5, 0.6) is 0 Å². The van der Waals surface area contributed by atoms with Crippen LogP contribution in [0.2, 0.25) is 0 Å². The van der Waals surface area contributed by atoms with Crippen molar-refractivity contribution in [2.75, 3.05) is 13.1 Å². The second kappa shape index (κ2) is 5.33. The zero-order valence-corrected chi connectivity index (χ0v) is 11.6. The van der Waals surface area contributed by atoms with Gasteiger partial charge in [-0.2, -0.15) is 0 Å². The van der Waals surface area contributed by atoms with E-state index in [1.165, 1.54) is 11.3 Å². The maximum Gasteiger partial charge on any atom is 0.263 e. The van der Waals surface area contributed by atoms with Crippen molar-refractivity contribution in [3.05, 3.63) is 22.4 Å². The molecule has 0 bridgehead atoms. The number of nitrogens with zero attached hydrogens (tertiary/aromatic N) is 1. The molecule has 0 aromatic carbocycles. The largest absolute Gasteiger partial charge is 0.353 e. The van der Waals surface area contributed by atoms with Gasteiger partial charge >= 0.3 is 0 Å². The highest BCUT2D eigenvalue weighted by Gasteiger charge is 2.32. The molecule has 4 nitrogen and oxygen atoms in total. The molecule has 2 heterocycles. The second-order valence-electron chi connectivity index (χ2n) is 5.35. The quantitative estimate of drug-likeness (QED) is 0.917. The number of piperidine rings is 1. The summed E-state index contributed by atoms with van der Waals surface area (Å²) in [6.45, 7) is 1.33. The number of hydrogen-bond donors (Lipinski definition) is 1. The van der Waals surface area contributed by atoms with Crippen LogP contribution < -0.4 is 5.32 Å². The van der Waals surface area contributed by atoms with Crippen LogP contribution in [0.25, 0.3) is 0 Å². The van der Waals surface area contributed by atoms with Crippen LogP contribution in [0.4, 0.5) is 0 Å². The highest BCUT2D eigenvalue weighted by Crippen LogP contribution is 2.23. The summed E-state index contributed by atoms with van der Waals surface area (Å²) in [4.78, 5) is 26.9. The van der Waals surface area contributed by atoms with E-state index in [1.54, 1.807) is 0 Å². The van der Waals surface area contributed by atoms with Crippen LogP contribution in [0.1, 0.15) is 35.4 Å². The molecule has 5 heteroatoms. The van der Waals surface area contributed by atoms with E-state index in [2.05, 4.69) is 5.32 Å². The maximum atomic E-state index is 12.3. The Morgan fingerprint density at radius 3 is 2.84 bits per heavy atom. The average molecular weight is 278 g/mol. The summed E-state index contributed by atoms with van der Waals surface area (Å²) >= 11 is 1.46. The molecule has 1 saturated carbocycles. The third-order valence-corrected chi connectivity index (χ3v) is 4.59. The van der Waals surface area contributed by atoms with Crippen LogP contribution in [-0.4, -0.2) is 35.8 Å². The van der Waals surface area contributed by atoms with Gasteiger partial charge in [-0.25, -0.2) is 0 Å². The van der Waals surface area contributed by atoms with Crippen LogP contribution in [0, 0.1) is 5.92 Å². The summed E-state index contributed by atoms with van der Waals surface area (Å²) in [5.74, 6) is 0.170. The van der Waals surface area contributed by atoms with E-state index in [4.69, 9.17) is 0 Å². The molecule has 1 atom stereocenters. The first kappa shape index (κ1) is 12.7. The van der Waals surface area contributed by atoms with Gasteiger partial charge in [-0.1, -0.05) is 6.07 Å². The molecule has 1 aromatic heterocycles. The van der Waals surface area contributed by atoms with Gasteiger partial charge in [0.1, 0.15) is 0 Å². The predicted molar refractivity (Wildman–Crippen MR) is 74.1 cm³/mol. The van der Waals surface area contributed by atoms with Crippen molar-refractivity contribution in [3.8, 4) is 0 Å². The van der Waals surface area contributed by atoms with Crippen molar-refractivity contribution in [1.29, 1.82) is 0 Å². The van der Waals surface area contributed by atoms with Crippen LogP contribution in [0.3, 0.4) is 0 Å². The van der Waals surface area contributed by atoms with Crippen molar-refractivity contribution < 1.29 is 9.59 Å². The number of rotatable bonds is 3. The standard InChI is InChI=1S/C14H18N2O2S/c17-13(15-11-5-6-11)10-3-1-7-16(9-10)14(18)12-4-2-8-19-12/h2,4,8,10-11H,1,3,5-7,9H2,(H,15,17)/t10-/m1/s1. The predicted octanol–water partition coefficient (Wildman–Crippen LogP) is 1.88. The summed E-state index contributed by atoms with van der Waals surface area (Å²) in [6.07, 6.45) is 4.03. The van der Waals surface area contributed by atoms with Crippen LogP contribution in [0.15, 0.2) is 17.5 Å². The van der Waals surface area contributed by atoms with Crippen LogP contribution in [-0.2, 0) is 4.79 Å². The highest BCUT2D eigenvalue weighted by atomic mass is 32.1. The summed E-state index contributed by atoms with van der Waals surface area (Å²) < 4.78 is 0. The molecule has 2 aliphatic rings. The molecular weight excluding hydrogens is 260 g/mol. The van der Waals surface area contributed by atoms with E-state index in [-0.39, 0.29) is 17.7 Å². The van der Waals surface area contributed by atoms with E-state index >= 15 is 0 Å². The first-order valence-electron chi connectivity index (χ1n) is 6.87. The number of likely N-dealkylation sites (tertiary alicyclic amines) is 1. The normalized spacial score (nSPS) is 23.2. The molecule has 2 amide bonds. The van der Waals surface area contributed by atoms with Crippen molar-refractivity contribution in [2.24, 2.45) is 5.92 Å². The molecule has 1 N–H and O–H groups in total. The molecule has 19 heavy (non-hydrogen) atoms. The lowest BCUT2D eigenvalue weighted by molar-refractivity contribution is -0.126. The average Bonchev–Trinajstić information content (AvgIpc) is 3.08. The molecule has 102 valence electrons. The first-order valence-corrected chi connectivity index (χ1v) is 7.75. The van der Waals surface area contributed by atoms with Crippen LogP contribution >= 0.6 is 11.3 Å². The lowest BCUT2D eigenvalue weighted by Gasteiger charge is -2.31. The SMILES string of the molecule is O=C(NC1CC1)[C@@H]1CCCN(C(=O)c2cccs2)C1. The summed E-state index contributed by atoms with van der Waals surface area (Å²) in [5, 5.41) is 4.95. The Kier molecular flexibility index (Phi) is 3.55. The fraction of sp³-hybridized carbons (Fsp3) is 0.571. The Morgan fingerprint density at radius 2 is 2.16 bits per heavy atom. The van der Waals surface area contributed by atoms with Gasteiger partial charge in [-0.15, -0.1) is 11.3 Å². The van der Waals surface area contributed by atoms with Gasteiger partial charge in [0.05, 0.1) is 10.8 Å². The van der Waals surface area contributed by atoms with E-state index in [9.17, 15) is 9.59 Å². The Labute approximate surface area is 116 Å². The second-order valence-corrected chi connectivity index (χ2v) is 6.30. The summed E-state index contributed by atoms with van der Waals surface area (Å²) in [6, 6.07) is 4.14. The van der Waals surface area contributed by atoms with E-state index in [0.29, 0.717) is 12.6 Å². The maximum absolute atomic E-state index is 12.3. The minimum atomic E-state index is -0.0294. The molecule has 0 unspecified atom stereocenters. The number of carbonyl (C=O) groups is 2. The number of carbonyl (C=O) groups excluding carboxylic acids is 2. The smallest absolute Gasteiger partial charge is 0.263 e. The summed E-state index contributed by atoms with van der Waals surface area (Å²) in [7, 11) is 0. The topological polar surface area (TPSA) is 49.4 Å². The third kappa shape index (κ3) is 2.97. The monoisotopic (exact) mass is 278 g/mol. The molecule has 0 radical (unpaired) electrons. The molecular formula is C14H18N2O2S. The Balaban J connectivity index is 1.60. The van der Waals surface area contributed by atoms with E-state index < -0.39 is 0 Å². The minimum Gasteiger partial charge on any atom is -0.353 e. The van der Waals surface area contributed by atoms with Crippen molar-refractivity contribution in [2.45, 2.75) is 31.7 Å². The molecule has 1 saturated heterocycles. The number of amides is 2.